The Labute approximate surface area is 164 Å². The molecule has 9 heteroatoms. The van der Waals surface area contributed by atoms with Gasteiger partial charge in [-0.1, -0.05) is 0 Å². The molecule has 3 heterocycles. The van der Waals surface area contributed by atoms with E-state index in [0.29, 0.717) is 31.3 Å². The highest BCUT2D eigenvalue weighted by atomic mass is 16.2. The summed E-state index contributed by atoms with van der Waals surface area (Å²) in [7, 11) is 5.67. The van der Waals surface area contributed by atoms with Gasteiger partial charge in [0.15, 0.2) is 0 Å². The second-order valence-electron chi connectivity index (χ2n) is 7.37. The average Bonchev–Trinajstić information content (AvgIpc) is 3.11. The maximum absolute atomic E-state index is 12.5. The molecule has 0 radical (unpaired) electrons. The number of H-pyrrole nitrogens is 1. The Morgan fingerprint density at radius 1 is 1.36 bits per heavy atom. The van der Waals surface area contributed by atoms with Gasteiger partial charge in [0.05, 0.1) is 5.69 Å². The lowest BCUT2D eigenvalue weighted by atomic mass is 10.2. The Morgan fingerprint density at radius 3 is 2.86 bits per heavy atom. The minimum absolute atomic E-state index is 0.106. The van der Waals surface area contributed by atoms with Crippen LogP contribution in [0.25, 0.3) is 0 Å². The average molecular weight is 385 g/mol. The van der Waals surface area contributed by atoms with E-state index < -0.39 is 0 Å². The predicted octanol–water partition coefficient (Wildman–Crippen LogP) is 1.28. The Morgan fingerprint density at radius 2 is 2.14 bits per heavy atom. The minimum Gasteiger partial charge on any atom is -0.348 e. The van der Waals surface area contributed by atoms with Gasteiger partial charge in [-0.3, -0.25) is 19.7 Å². The summed E-state index contributed by atoms with van der Waals surface area (Å²) in [6.45, 7) is 3.77. The lowest BCUT2D eigenvalue weighted by Crippen LogP contribution is -2.38. The molecule has 2 aromatic rings. The summed E-state index contributed by atoms with van der Waals surface area (Å²) < 4.78 is 0. The number of nitrogens with zero attached hydrogens (tertiary/aromatic N) is 5. The molecule has 0 spiro atoms. The van der Waals surface area contributed by atoms with Gasteiger partial charge < -0.3 is 15.1 Å². The van der Waals surface area contributed by atoms with E-state index in [0.717, 1.165) is 17.8 Å². The number of anilines is 2. The van der Waals surface area contributed by atoms with Crippen LogP contribution < -0.4 is 15.8 Å². The molecule has 3 rings (SSSR count). The molecule has 1 aliphatic heterocycles. The van der Waals surface area contributed by atoms with Crippen LogP contribution in [0.5, 0.6) is 0 Å². The summed E-state index contributed by atoms with van der Waals surface area (Å²) in [4.78, 5) is 41.5. The lowest BCUT2D eigenvalue weighted by Gasteiger charge is -2.24. The fourth-order valence-electron chi connectivity index (χ4n) is 3.28. The number of rotatable bonds is 5. The zero-order chi connectivity index (χ0) is 20.3. The molecule has 0 saturated carbocycles. The molecule has 0 aromatic carbocycles. The number of carbonyl (C=O) groups excluding carboxylic acids is 1. The zero-order valence-electron chi connectivity index (χ0n) is 16.8. The van der Waals surface area contributed by atoms with Gasteiger partial charge in [0.2, 0.25) is 5.95 Å². The Bertz CT molecular complexity index is 896. The van der Waals surface area contributed by atoms with Crippen molar-refractivity contribution in [3.63, 3.8) is 0 Å². The second kappa shape index (κ2) is 8.39. The maximum Gasteiger partial charge on any atom is 0.321 e. The number of hydrogen-bond donors (Lipinski definition) is 2. The fourth-order valence-corrected chi connectivity index (χ4v) is 3.28. The highest BCUT2D eigenvalue weighted by molar-refractivity contribution is 5.89. The lowest BCUT2D eigenvalue weighted by molar-refractivity contribution is 0.207. The van der Waals surface area contributed by atoms with Crippen LogP contribution in [-0.4, -0.2) is 71.1 Å². The third-order valence-corrected chi connectivity index (χ3v) is 4.84. The van der Waals surface area contributed by atoms with Crippen LogP contribution >= 0.6 is 0 Å². The van der Waals surface area contributed by atoms with Gasteiger partial charge in [-0.15, -0.1) is 0 Å². The highest BCUT2D eigenvalue weighted by Crippen LogP contribution is 2.18. The van der Waals surface area contributed by atoms with Crippen molar-refractivity contribution in [2.45, 2.75) is 25.9 Å². The molecule has 2 amide bonds. The molecule has 1 fully saturated rings. The topological polar surface area (TPSA) is 97.5 Å². The van der Waals surface area contributed by atoms with Gasteiger partial charge in [-0.05, 0) is 32.5 Å². The number of urea groups is 1. The molecule has 1 atom stereocenters. The number of nitrogens with one attached hydrogen (secondary N) is 2. The maximum atomic E-state index is 12.5. The van der Waals surface area contributed by atoms with Gasteiger partial charge >= 0.3 is 6.03 Å². The van der Waals surface area contributed by atoms with Gasteiger partial charge in [0.1, 0.15) is 0 Å². The van der Waals surface area contributed by atoms with E-state index in [2.05, 4.69) is 25.2 Å². The van der Waals surface area contributed by atoms with Crippen molar-refractivity contribution in [3.8, 4) is 0 Å². The van der Waals surface area contributed by atoms with Crippen LogP contribution in [0.1, 0.15) is 17.8 Å². The number of likely N-dealkylation sites (tertiary alicyclic amines) is 1. The van der Waals surface area contributed by atoms with Crippen molar-refractivity contribution >= 4 is 17.7 Å². The number of carbonyl (C=O) groups is 1. The molecule has 2 aromatic heterocycles. The SMILES string of the molecule is Cc1cc(NC(=O)N2CC[C@H](N(C)Cc3cc(=O)[nH]c(N(C)C)n3)C2)ccn1. The summed E-state index contributed by atoms with van der Waals surface area (Å²) in [6.07, 6.45) is 2.56. The molecule has 2 N–H and O–H groups in total. The van der Waals surface area contributed by atoms with Crippen LogP contribution in [0.2, 0.25) is 0 Å². The van der Waals surface area contributed by atoms with Crippen LogP contribution in [0.3, 0.4) is 0 Å². The third kappa shape index (κ3) is 4.86. The van der Waals surface area contributed by atoms with Crippen molar-refractivity contribution in [2.24, 2.45) is 0 Å². The van der Waals surface area contributed by atoms with E-state index in [1.807, 2.05) is 39.0 Å². The monoisotopic (exact) mass is 385 g/mol. The quantitative estimate of drug-likeness (QED) is 0.805. The molecule has 1 aliphatic rings. The number of likely N-dealkylation sites (N-methyl/N-ethyl adjacent to an activating group) is 1. The van der Waals surface area contributed by atoms with Crippen molar-refractivity contribution in [2.75, 3.05) is 44.4 Å². The zero-order valence-corrected chi connectivity index (χ0v) is 16.8. The smallest absolute Gasteiger partial charge is 0.321 e. The molecule has 9 nitrogen and oxygen atoms in total. The van der Waals surface area contributed by atoms with E-state index in [1.54, 1.807) is 17.2 Å². The molecular weight excluding hydrogens is 358 g/mol. The van der Waals surface area contributed by atoms with Crippen molar-refractivity contribution in [1.82, 2.24) is 24.8 Å². The minimum atomic E-state index is -0.165. The Hall–Kier alpha value is -2.94. The standard InChI is InChI=1S/C19H27N7O2/c1-13-9-14(5-7-20-13)22-19(28)26-8-6-16(12-26)25(4)11-15-10-17(27)23-18(21-15)24(2)3/h5,7,9-10,16H,6,8,11-12H2,1-4H3,(H,20,22,28)(H,21,23,27)/t16-/m0/s1. The predicted molar refractivity (Wildman–Crippen MR) is 109 cm³/mol. The fraction of sp³-hybridized carbons (Fsp3) is 0.474. The Balaban J connectivity index is 1.59. The van der Waals surface area contributed by atoms with Crippen LogP contribution in [-0.2, 0) is 6.54 Å². The first kappa shape index (κ1) is 19.8. The molecule has 1 saturated heterocycles. The van der Waals surface area contributed by atoms with Crippen LogP contribution in [0, 0.1) is 6.92 Å². The van der Waals surface area contributed by atoms with Crippen molar-refractivity contribution < 1.29 is 4.79 Å². The molecule has 0 unspecified atom stereocenters. The number of hydrogen-bond acceptors (Lipinski definition) is 6. The first-order chi connectivity index (χ1) is 13.3. The number of aryl methyl sites for hydroxylation is 1. The summed E-state index contributed by atoms with van der Waals surface area (Å²) in [5.74, 6) is 0.538. The molecule has 28 heavy (non-hydrogen) atoms. The van der Waals surface area contributed by atoms with E-state index in [1.165, 1.54) is 6.07 Å². The number of aromatic amines is 1. The number of amides is 2. The third-order valence-electron chi connectivity index (χ3n) is 4.84. The molecule has 0 aliphatic carbocycles. The second-order valence-corrected chi connectivity index (χ2v) is 7.37. The van der Waals surface area contributed by atoms with E-state index in [9.17, 15) is 9.59 Å². The van der Waals surface area contributed by atoms with Gasteiger partial charge in [-0.2, -0.15) is 0 Å². The normalized spacial score (nSPS) is 16.5. The Kier molecular flexibility index (Phi) is 5.93. The molecule has 150 valence electrons. The highest BCUT2D eigenvalue weighted by Gasteiger charge is 2.29. The van der Waals surface area contributed by atoms with Gasteiger partial charge in [0.25, 0.3) is 5.56 Å². The molecular formula is C19H27N7O2. The first-order valence-electron chi connectivity index (χ1n) is 9.28. The number of pyridine rings is 1. The summed E-state index contributed by atoms with van der Waals surface area (Å²) >= 11 is 0. The molecule has 0 bridgehead atoms. The summed E-state index contributed by atoms with van der Waals surface area (Å²) in [6, 6.07) is 5.26. The summed E-state index contributed by atoms with van der Waals surface area (Å²) in [5.41, 5.74) is 2.16. The summed E-state index contributed by atoms with van der Waals surface area (Å²) in [5, 5.41) is 2.93. The first-order valence-corrected chi connectivity index (χ1v) is 9.28. The van der Waals surface area contributed by atoms with Gasteiger partial charge in [0, 0.05) is 63.4 Å². The van der Waals surface area contributed by atoms with Gasteiger partial charge in [-0.25, -0.2) is 9.78 Å². The largest absolute Gasteiger partial charge is 0.348 e. The van der Waals surface area contributed by atoms with Crippen molar-refractivity contribution in [3.05, 3.63) is 46.1 Å². The number of aromatic nitrogens is 3. The van der Waals surface area contributed by atoms with E-state index >= 15 is 0 Å². The van der Waals surface area contributed by atoms with Crippen LogP contribution in [0.15, 0.2) is 29.2 Å². The van der Waals surface area contributed by atoms with Crippen LogP contribution in [0.4, 0.5) is 16.4 Å². The van der Waals surface area contributed by atoms with Crippen molar-refractivity contribution in [1.29, 1.82) is 0 Å². The van der Waals surface area contributed by atoms with E-state index in [-0.39, 0.29) is 17.6 Å². The van der Waals surface area contributed by atoms with E-state index in [4.69, 9.17) is 0 Å².